The van der Waals surface area contributed by atoms with Gasteiger partial charge in [0, 0.05) is 17.1 Å². The number of thiophene rings is 1. The molecule has 1 aliphatic rings. The molecule has 0 saturated heterocycles. The van der Waals surface area contributed by atoms with Gasteiger partial charge < -0.3 is 5.32 Å². The zero-order chi connectivity index (χ0) is 23.9. The van der Waals surface area contributed by atoms with E-state index in [1.54, 1.807) is 12.1 Å². The molecule has 0 radical (unpaired) electrons. The highest BCUT2D eigenvalue weighted by atomic mass is 32.1. The number of nitrogens with zero attached hydrogens (tertiary/aromatic N) is 1. The van der Waals surface area contributed by atoms with Crippen LogP contribution in [-0.2, 0) is 16.0 Å². The number of rotatable bonds is 8. The maximum Gasteiger partial charge on any atom is 0.247 e. The van der Waals surface area contributed by atoms with Gasteiger partial charge in [0.15, 0.2) is 0 Å². The first kappa shape index (κ1) is 24.1. The monoisotopic (exact) mass is 478 g/mol. The van der Waals surface area contributed by atoms with E-state index >= 15 is 0 Å². The second-order valence-electron chi connectivity index (χ2n) is 9.01. The van der Waals surface area contributed by atoms with Gasteiger partial charge in [-0.15, -0.1) is 11.3 Å². The largest absolute Gasteiger partial charge is 0.354 e. The Morgan fingerprint density at radius 3 is 2.56 bits per heavy atom. The maximum absolute atomic E-state index is 14.3. The number of halogens is 1. The van der Waals surface area contributed by atoms with Crippen LogP contribution in [0.2, 0.25) is 0 Å². The van der Waals surface area contributed by atoms with Crippen molar-refractivity contribution >= 4 is 28.8 Å². The van der Waals surface area contributed by atoms with E-state index in [1.807, 2.05) is 48.7 Å². The standard InChI is InChI=1S/C28H31FN2O2S/c1-20-9-5-6-15-25(20)27(28(33)30-19-21-10-3-2-4-11-21)31(23-13-7-12-22(29)17-23)26(32)18-24-14-8-16-34-24/h5-9,12-17,21,27H,2-4,10-11,18-19H2,1H3,(H,30,33). The van der Waals surface area contributed by atoms with Crippen molar-refractivity contribution in [1.29, 1.82) is 0 Å². The number of aryl methyl sites for hydroxylation is 1. The third-order valence-electron chi connectivity index (χ3n) is 6.54. The van der Waals surface area contributed by atoms with Crippen molar-refractivity contribution in [2.24, 2.45) is 5.92 Å². The highest BCUT2D eigenvalue weighted by molar-refractivity contribution is 7.10. The predicted molar refractivity (Wildman–Crippen MR) is 135 cm³/mol. The Hall–Kier alpha value is -2.99. The number of carbonyl (C=O) groups is 2. The molecule has 0 spiro atoms. The summed E-state index contributed by atoms with van der Waals surface area (Å²) in [5.41, 5.74) is 2.03. The SMILES string of the molecule is Cc1ccccc1C(C(=O)NCC1CCCCC1)N(C(=O)Cc1cccs1)c1cccc(F)c1. The molecule has 2 amide bonds. The summed E-state index contributed by atoms with van der Waals surface area (Å²) in [4.78, 5) is 29.8. The van der Waals surface area contributed by atoms with E-state index in [9.17, 15) is 14.0 Å². The van der Waals surface area contributed by atoms with Gasteiger partial charge in [-0.25, -0.2) is 4.39 Å². The lowest BCUT2D eigenvalue weighted by Gasteiger charge is -2.33. The van der Waals surface area contributed by atoms with Crippen LogP contribution in [0.15, 0.2) is 66.0 Å². The van der Waals surface area contributed by atoms with Crippen molar-refractivity contribution in [1.82, 2.24) is 5.32 Å². The molecule has 1 unspecified atom stereocenters. The van der Waals surface area contributed by atoms with Crippen molar-refractivity contribution in [3.63, 3.8) is 0 Å². The minimum Gasteiger partial charge on any atom is -0.354 e. The molecule has 2 aromatic carbocycles. The van der Waals surface area contributed by atoms with E-state index in [2.05, 4.69) is 5.32 Å². The fraction of sp³-hybridized carbons (Fsp3) is 0.357. The fourth-order valence-electron chi connectivity index (χ4n) is 4.73. The van der Waals surface area contributed by atoms with Crippen LogP contribution in [0.4, 0.5) is 10.1 Å². The number of nitrogens with one attached hydrogen (secondary N) is 1. The van der Waals surface area contributed by atoms with Gasteiger partial charge in [-0.3, -0.25) is 14.5 Å². The van der Waals surface area contributed by atoms with Crippen LogP contribution < -0.4 is 10.2 Å². The minimum atomic E-state index is -0.890. The van der Waals surface area contributed by atoms with Crippen LogP contribution in [0.25, 0.3) is 0 Å². The smallest absolute Gasteiger partial charge is 0.247 e. The second kappa shape index (κ2) is 11.4. The maximum atomic E-state index is 14.3. The Morgan fingerprint density at radius 1 is 1.06 bits per heavy atom. The first-order chi connectivity index (χ1) is 16.5. The molecule has 4 rings (SSSR count). The molecule has 1 aromatic heterocycles. The lowest BCUT2D eigenvalue weighted by atomic mass is 9.89. The highest BCUT2D eigenvalue weighted by Crippen LogP contribution is 2.32. The average Bonchev–Trinajstić information content (AvgIpc) is 3.35. The van der Waals surface area contributed by atoms with E-state index in [-0.39, 0.29) is 18.2 Å². The van der Waals surface area contributed by atoms with Crippen molar-refractivity contribution in [3.8, 4) is 0 Å². The van der Waals surface area contributed by atoms with Crippen LogP contribution >= 0.6 is 11.3 Å². The van der Waals surface area contributed by atoms with Gasteiger partial charge in [0.2, 0.25) is 11.8 Å². The van der Waals surface area contributed by atoms with E-state index in [0.717, 1.165) is 28.8 Å². The Labute approximate surface area is 204 Å². The van der Waals surface area contributed by atoms with Crippen LogP contribution in [0.1, 0.15) is 54.1 Å². The summed E-state index contributed by atoms with van der Waals surface area (Å²) in [6.07, 6.45) is 6.00. The van der Waals surface area contributed by atoms with Crippen LogP contribution in [0, 0.1) is 18.7 Å². The molecule has 1 saturated carbocycles. The van der Waals surface area contributed by atoms with Gasteiger partial charge >= 0.3 is 0 Å². The lowest BCUT2D eigenvalue weighted by molar-refractivity contribution is -0.126. The summed E-state index contributed by atoms with van der Waals surface area (Å²) in [7, 11) is 0. The summed E-state index contributed by atoms with van der Waals surface area (Å²) in [5.74, 6) is -0.463. The van der Waals surface area contributed by atoms with Gasteiger partial charge in [-0.2, -0.15) is 0 Å². The Morgan fingerprint density at radius 2 is 1.85 bits per heavy atom. The lowest BCUT2D eigenvalue weighted by Crippen LogP contribution is -2.46. The van der Waals surface area contributed by atoms with Crippen LogP contribution in [-0.4, -0.2) is 18.4 Å². The number of benzene rings is 2. The normalized spacial score (nSPS) is 15.0. The molecule has 1 N–H and O–H groups in total. The predicted octanol–water partition coefficient (Wildman–Crippen LogP) is 6.21. The summed E-state index contributed by atoms with van der Waals surface area (Å²) in [5, 5.41) is 5.05. The number of amides is 2. The first-order valence-electron chi connectivity index (χ1n) is 12.0. The van der Waals surface area contributed by atoms with E-state index in [0.29, 0.717) is 18.2 Å². The van der Waals surface area contributed by atoms with Gasteiger partial charge in [0.05, 0.1) is 6.42 Å². The molecule has 3 aromatic rings. The third kappa shape index (κ3) is 5.92. The first-order valence-corrected chi connectivity index (χ1v) is 12.8. The van der Waals surface area contributed by atoms with Gasteiger partial charge in [0.25, 0.3) is 0 Å². The second-order valence-corrected chi connectivity index (χ2v) is 10.0. The molecule has 6 heteroatoms. The van der Waals surface area contributed by atoms with E-state index in [4.69, 9.17) is 0 Å². The molecular formula is C28H31FN2O2S. The van der Waals surface area contributed by atoms with Crippen molar-refractivity contribution in [3.05, 3.63) is 87.9 Å². The van der Waals surface area contributed by atoms with Crippen molar-refractivity contribution in [2.75, 3.05) is 11.4 Å². The quantitative estimate of drug-likeness (QED) is 0.418. The summed E-state index contributed by atoms with van der Waals surface area (Å²) >= 11 is 1.49. The Bertz CT molecular complexity index is 1110. The fourth-order valence-corrected chi connectivity index (χ4v) is 5.43. The number of carbonyl (C=O) groups excluding carboxylic acids is 2. The average molecular weight is 479 g/mol. The van der Waals surface area contributed by atoms with Crippen molar-refractivity contribution < 1.29 is 14.0 Å². The van der Waals surface area contributed by atoms with Gasteiger partial charge in [0.1, 0.15) is 11.9 Å². The molecule has 1 fully saturated rings. The van der Waals surface area contributed by atoms with Crippen molar-refractivity contribution in [2.45, 2.75) is 51.5 Å². The number of hydrogen-bond acceptors (Lipinski definition) is 3. The zero-order valence-electron chi connectivity index (χ0n) is 19.5. The molecule has 34 heavy (non-hydrogen) atoms. The molecule has 0 bridgehead atoms. The highest BCUT2D eigenvalue weighted by Gasteiger charge is 2.34. The van der Waals surface area contributed by atoms with Gasteiger partial charge in [-0.1, -0.05) is 55.7 Å². The molecule has 4 nitrogen and oxygen atoms in total. The summed E-state index contributed by atoms with van der Waals surface area (Å²) in [6.45, 7) is 2.53. The number of anilines is 1. The zero-order valence-corrected chi connectivity index (χ0v) is 20.3. The molecule has 1 heterocycles. The molecule has 1 aliphatic carbocycles. The van der Waals surface area contributed by atoms with E-state index in [1.165, 1.54) is 47.6 Å². The summed E-state index contributed by atoms with van der Waals surface area (Å²) in [6, 6.07) is 16.4. The topological polar surface area (TPSA) is 49.4 Å². The third-order valence-corrected chi connectivity index (χ3v) is 7.42. The molecule has 178 valence electrons. The summed E-state index contributed by atoms with van der Waals surface area (Å²) < 4.78 is 14.3. The Balaban J connectivity index is 1.71. The molecule has 0 aliphatic heterocycles. The Kier molecular flexibility index (Phi) is 8.12. The number of hydrogen-bond donors (Lipinski definition) is 1. The van der Waals surface area contributed by atoms with Crippen LogP contribution in [0.5, 0.6) is 0 Å². The molecule has 1 atom stereocenters. The minimum absolute atomic E-state index is 0.145. The van der Waals surface area contributed by atoms with Gasteiger partial charge in [-0.05, 0) is 66.5 Å². The molecular weight excluding hydrogens is 447 g/mol. The van der Waals surface area contributed by atoms with E-state index < -0.39 is 11.9 Å². The van der Waals surface area contributed by atoms with Crippen LogP contribution in [0.3, 0.4) is 0 Å².